The van der Waals surface area contributed by atoms with Crippen molar-refractivity contribution in [3.05, 3.63) is 28.8 Å². The number of carbonyl (C=O) groups is 2. The molecule has 1 aromatic carbocycles. The number of nitrogens with one attached hydrogen (secondary N) is 1. The minimum Gasteiger partial charge on any atom is -0.478 e. The van der Waals surface area contributed by atoms with Crippen LogP contribution in [0.25, 0.3) is 0 Å². The van der Waals surface area contributed by atoms with E-state index >= 15 is 0 Å². The van der Waals surface area contributed by atoms with E-state index in [1.807, 2.05) is 0 Å². The molecule has 0 spiro atoms. The third-order valence-electron chi connectivity index (χ3n) is 2.18. The monoisotopic (exact) mass is 305 g/mol. The molecule has 1 aromatic rings. The van der Waals surface area contributed by atoms with Crippen molar-refractivity contribution in [3.8, 4) is 0 Å². The zero-order chi connectivity index (χ0) is 14.6. The maximum atomic E-state index is 11.5. The van der Waals surface area contributed by atoms with Crippen LogP contribution in [-0.2, 0) is 14.6 Å². The summed E-state index contributed by atoms with van der Waals surface area (Å²) in [6.07, 6.45) is 0.842. The highest BCUT2D eigenvalue weighted by Crippen LogP contribution is 2.20. The highest BCUT2D eigenvalue weighted by Gasteiger charge is 2.12. The lowest BCUT2D eigenvalue weighted by molar-refractivity contribution is -0.115. The Hall–Kier alpha value is -1.60. The van der Waals surface area contributed by atoms with Crippen LogP contribution in [0.4, 0.5) is 5.69 Å². The van der Waals surface area contributed by atoms with Gasteiger partial charge in [-0.15, -0.1) is 0 Å². The Labute approximate surface area is 115 Å². The normalized spacial score (nSPS) is 11.1. The average molecular weight is 306 g/mol. The summed E-state index contributed by atoms with van der Waals surface area (Å²) in [5, 5.41) is 11.3. The van der Waals surface area contributed by atoms with Crippen LogP contribution < -0.4 is 5.32 Å². The zero-order valence-electron chi connectivity index (χ0n) is 10.0. The molecular formula is C11H12ClNO5S. The lowest BCUT2D eigenvalue weighted by atomic mass is 10.2. The largest absolute Gasteiger partial charge is 0.478 e. The second kappa shape index (κ2) is 6.03. The molecule has 0 heterocycles. The molecular weight excluding hydrogens is 294 g/mol. The van der Waals surface area contributed by atoms with Gasteiger partial charge >= 0.3 is 5.97 Å². The molecule has 0 bridgehead atoms. The Morgan fingerprint density at radius 3 is 2.53 bits per heavy atom. The quantitative estimate of drug-likeness (QED) is 0.856. The minimum absolute atomic E-state index is 0.0571. The lowest BCUT2D eigenvalue weighted by Crippen LogP contribution is -2.16. The lowest BCUT2D eigenvalue weighted by Gasteiger charge is -2.06. The third kappa shape index (κ3) is 5.27. The standard InChI is InChI=1S/C11H12ClNO5S/c1-19(17,18)5-4-10(14)13-7-2-3-9(12)8(6-7)11(15)16/h2-3,6H,4-5H2,1H3,(H,13,14)(H,15,16). The molecule has 1 rings (SSSR count). The third-order valence-corrected chi connectivity index (χ3v) is 3.46. The van der Waals surface area contributed by atoms with Crippen LogP contribution in [0.3, 0.4) is 0 Å². The molecule has 2 N–H and O–H groups in total. The molecule has 0 aromatic heterocycles. The molecule has 0 aliphatic carbocycles. The summed E-state index contributed by atoms with van der Waals surface area (Å²) in [5.74, 6) is -1.99. The molecule has 0 aliphatic heterocycles. The topological polar surface area (TPSA) is 101 Å². The van der Waals surface area contributed by atoms with E-state index < -0.39 is 21.7 Å². The molecule has 0 fully saturated rings. The van der Waals surface area contributed by atoms with Gasteiger partial charge in [-0.05, 0) is 18.2 Å². The Balaban J connectivity index is 2.75. The van der Waals surface area contributed by atoms with E-state index in [0.29, 0.717) is 0 Å². The first kappa shape index (κ1) is 15.5. The number of carboxylic acid groups (broad SMARTS) is 1. The molecule has 0 unspecified atom stereocenters. The highest BCUT2D eigenvalue weighted by atomic mass is 35.5. The van der Waals surface area contributed by atoms with Gasteiger partial charge in [0, 0.05) is 18.4 Å². The van der Waals surface area contributed by atoms with Crippen molar-refractivity contribution in [1.82, 2.24) is 0 Å². The van der Waals surface area contributed by atoms with E-state index in [1.165, 1.54) is 18.2 Å². The van der Waals surface area contributed by atoms with Crippen molar-refractivity contribution in [2.75, 3.05) is 17.3 Å². The number of anilines is 1. The molecule has 19 heavy (non-hydrogen) atoms. The number of halogens is 1. The van der Waals surface area contributed by atoms with Crippen molar-refractivity contribution in [3.63, 3.8) is 0 Å². The molecule has 0 radical (unpaired) electrons. The van der Waals surface area contributed by atoms with Crippen LogP contribution >= 0.6 is 11.6 Å². The predicted molar refractivity (Wildman–Crippen MR) is 71.4 cm³/mol. The fourth-order valence-corrected chi connectivity index (χ4v) is 2.02. The summed E-state index contributed by atoms with van der Waals surface area (Å²) in [5.41, 5.74) is 0.114. The van der Waals surface area contributed by atoms with E-state index in [2.05, 4.69) is 5.32 Å². The summed E-state index contributed by atoms with van der Waals surface area (Å²) in [4.78, 5) is 22.3. The Bertz CT molecular complexity index is 612. The Morgan fingerprint density at radius 1 is 1.37 bits per heavy atom. The summed E-state index contributed by atoms with van der Waals surface area (Å²) in [7, 11) is -3.22. The van der Waals surface area contributed by atoms with Gasteiger partial charge in [-0.2, -0.15) is 0 Å². The summed E-state index contributed by atoms with van der Waals surface area (Å²) in [6.45, 7) is 0. The average Bonchev–Trinajstić information content (AvgIpc) is 2.28. The van der Waals surface area contributed by atoms with Gasteiger partial charge in [0.15, 0.2) is 0 Å². The van der Waals surface area contributed by atoms with E-state index in [4.69, 9.17) is 16.7 Å². The van der Waals surface area contributed by atoms with E-state index in [1.54, 1.807) is 0 Å². The number of amides is 1. The number of carboxylic acids is 1. The van der Waals surface area contributed by atoms with Gasteiger partial charge in [0.25, 0.3) is 0 Å². The van der Waals surface area contributed by atoms with Crippen LogP contribution in [-0.4, -0.2) is 37.4 Å². The summed E-state index contributed by atoms with van der Waals surface area (Å²) >= 11 is 5.68. The zero-order valence-corrected chi connectivity index (χ0v) is 11.6. The molecule has 1 amide bonds. The van der Waals surface area contributed by atoms with Gasteiger partial charge in [-0.25, -0.2) is 13.2 Å². The second-order valence-electron chi connectivity index (χ2n) is 3.93. The van der Waals surface area contributed by atoms with Gasteiger partial charge in [-0.1, -0.05) is 11.6 Å². The summed E-state index contributed by atoms with van der Waals surface area (Å²) in [6, 6.07) is 3.99. The fraction of sp³-hybridized carbons (Fsp3) is 0.273. The second-order valence-corrected chi connectivity index (χ2v) is 6.59. The number of carbonyl (C=O) groups excluding carboxylic acids is 1. The summed E-state index contributed by atoms with van der Waals surface area (Å²) < 4.78 is 21.8. The SMILES string of the molecule is CS(=O)(=O)CCC(=O)Nc1ccc(Cl)c(C(=O)O)c1. The maximum absolute atomic E-state index is 11.5. The van der Waals surface area contributed by atoms with Gasteiger partial charge < -0.3 is 10.4 Å². The van der Waals surface area contributed by atoms with Crippen molar-refractivity contribution in [1.29, 1.82) is 0 Å². The van der Waals surface area contributed by atoms with E-state index in [-0.39, 0.29) is 28.4 Å². The van der Waals surface area contributed by atoms with Gasteiger partial charge in [0.1, 0.15) is 9.84 Å². The van der Waals surface area contributed by atoms with Gasteiger partial charge in [0.2, 0.25) is 5.91 Å². The van der Waals surface area contributed by atoms with Crippen molar-refractivity contribution in [2.24, 2.45) is 0 Å². The van der Waals surface area contributed by atoms with Crippen LogP contribution in [0, 0.1) is 0 Å². The molecule has 0 aliphatic rings. The number of benzene rings is 1. The molecule has 8 heteroatoms. The first-order valence-electron chi connectivity index (χ1n) is 5.19. The maximum Gasteiger partial charge on any atom is 0.337 e. The van der Waals surface area contributed by atoms with Crippen LogP contribution in [0.5, 0.6) is 0 Å². The van der Waals surface area contributed by atoms with E-state index in [0.717, 1.165) is 6.26 Å². The number of hydrogen-bond donors (Lipinski definition) is 2. The van der Waals surface area contributed by atoms with Crippen molar-refractivity contribution < 1.29 is 23.1 Å². The van der Waals surface area contributed by atoms with Crippen LogP contribution in [0.2, 0.25) is 5.02 Å². The predicted octanol–water partition coefficient (Wildman–Crippen LogP) is 1.41. The van der Waals surface area contributed by atoms with E-state index in [9.17, 15) is 18.0 Å². The molecule has 6 nitrogen and oxygen atoms in total. The number of rotatable bonds is 5. The molecule has 0 saturated carbocycles. The smallest absolute Gasteiger partial charge is 0.337 e. The molecule has 0 atom stereocenters. The Morgan fingerprint density at radius 2 is 2.00 bits per heavy atom. The number of aromatic carboxylic acids is 1. The van der Waals surface area contributed by atoms with Crippen LogP contribution in [0.1, 0.15) is 16.8 Å². The molecule has 0 saturated heterocycles. The van der Waals surface area contributed by atoms with Crippen molar-refractivity contribution >= 4 is 39.0 Å². The minimum atomic E-state index is -3.22. The Kier molecular flexibility index (Phi) is 4.90. The molecule has 104 valence electrons. The van der Waals surface area contributed by atoms with Gasteiger partial charge in [-0.3, -0.25) is 4.79 Å². The van der Waals surface area contributed by atoms with Crippen LogP contribution in [0.15, 0.2) is 18.2 Å². The fourth-order valence-electron chi connectivity index (χ4n) is 1.27. The van der Waals surface area contributed by atoms with Crippen molar-refractivity contribution in [2.45, 2.75) is 6.42 Å². The van der Waals surface area contributed by atoms with Gasteiger partial charge in [0.05, 0.1) is 16.3 Å². The highest BCUT2D eigenvalue weighted by molar-refractivity contribution is 7.90. The number of hydrogen-bond acceptors (Lipinski definition) is 4. The first-order valence-corrected chi connectivity index (χ1v) is 7.63. The number of sulfone groups is 1. The first-order chi connectivity index (χ1) is 8.69.